The van der Waals surface area contributed by atoms with E-state index in [2.05, 4.69) is 6.07 Å². The van der Waals surface area contributed by atoms with Gasteiger partial charge in [0.2, 0.25) is 0 Å². The Kier molecular flexibility index (Phi) is 5.58. The monoisotopic (exact) mass is 248 g/mol. The van der Waals surface area contributed by atoms with Crippen molar-refractivity contribution < 1.29 is 4.79 Å². The minimum Gasteiger partial charge on any atom is -0.338 e. The average molecular weight is 248 g/mol. The zero-order valence-corrected chi connectivity index (χ0v) is 11.0. The van der Waals surface area contributed by atoms with Crippen LogP contribution in [-0.2, 0) is 0 Å². The topological polar surface area (TPSA) is 44.1 Å². The van der Waals surface area contributed by atoms with Gasteiger partial charge in [-0.15, -0.1) is 11.8 Å². The van der Waals surface area contributed by atoms with E-state index in [1.807, 2.05) is 37.4 Å². The molecule has 0 fully saturated rings. The molecular formula is C13H16N2OS. The highest BCUT2D eigenvalue weighted by molar-refractivity contribution is 7.98. The highest BCUT2D eigenvalue weighted by Crippen LogP contribution is 2.21. The van der Waals surface area contributed by atoms with Crippen LogP contribution in [0, 0.1) is 11.3 Å². The summed E-state index contributed by atoms with van der Waals surface area (Å²) in [6.45, 7) is 3.05. The molecule has 0 bridgehead atoms. The summed E-state index contributed by atoms with van der Waals surface area (Å²) in [5.41, 5.74) is 0.722. The largest absolute Gasteiger partial charge is 0.338 e. The maximum absolute atomic E-state index is 12.3. The van der Waals surface area contributed by atoms with Gasteiger partial charge in [0.1, 0.15) is 0 Å². The third kappa shape index (κ3) is 3.50. The van der Waals surface area contributed by atoms with Crippen LogP contribution in [0.4, 0.5) is 0 Å². The van der Waals surface area contributed by atoms with Gasteiger partial charge < -0.3 is 4.90 Å². The quantitative estimate of drug-likeness (QED) is 0.753. The highest BCUT2D eigenvalue weighted by atomic mass is 32.2. The van der Waals surface area contributed by atoms with E-state index in [-0.39, 0.29) is 5.91 Å². The van der Waals surface area contributed by atoms with Crippen molar-refractivity contribution >= 4 is 17.7 Å². The number of hydrogen-bond acceptors (Lipinski definition) is 3. The molecule has 0 saturated heterocycles. The first-order valence-corrected chi connectivity index (χ1v) is 6.76. The van der Waals surface area contributed by atoms with E-state index >= 15 is 0 Å². The van der Waals surface area contributed by atoms with Crippen LogP contribution >= 0.6 is 11.8 Å². The molecular weight excluding hydrogens is 232 g/mol. The summed E-state index contributed by atoms with van der Waals surface area (Å²) in [5, 5.41) is 8.57. The molecule has 0 aromatic heterocycles. The predicted octanol–water partition coefficient (Wildman–Crippen LogP) is 2.78. The van der Waals surface area contributed by atoms with Crippen molar-refractivity contribution in [2.24, 2.45) is 0 Å². The molecule has 0 atom stereocenters. The highest BCUT2D eigenvalue weighted by Gasteiger charge is 2.16. The predicted molar refractivity (Wildman–Crippen MR) is 70.0 cm³/mol. The van der Waals surface area contributed by atoms with Crippen molar-refractivity contribution in [2.75, 3.05) is 19.3 Å². The van der Waals surface area contributed by atoms with Gasteiger partial charge in [0, 0.05) is 18.0 Å². The zero-order valence-electron chi connectivity index (χ0n) is 10.1. The number of rotatable bonds is 5. The van der Waals surface area contributed by atoms with Crippen molar-refractivity contribution in [3.05, 3.63) is 29.8 Å². The molecule has 1 amide bonds. The molecule has 0 aliphatic rings. The average Bonchev–Trinajstić information content (AvgIpc) is 2.39. The minimum atomic E-state index is 0.00713. The van der Waals surface area contributed by atoms with E-state index in [0.29, 0.717) is 19.5 Å². The lowest BCUT2D eigenvalue weighted by Gasteiger charge is -2.20. The first-order valence-electron chi connectivity index (χ1n) is 5.53. The number of nitrogens with zero attached hydrogens (tertiary/aromatic N) is 2. The first kappa shape index (κ1) is 13.6. The van der Waals surface area contributed by atoms with E-state index in [9.17, 15) is 4.79 Å². The van der Waals surface area contributed by atoms with Crippen LogP contribution in [0.3, 0.4) is 0 Å². The number of thioether (sulfide) groups is 1. The molecule has 4 heteroatoms. The lowest BCUT2D eigenvalue weighted by atomic mass is 10.2. The molecule has 0 saturated carbocycles. The number of carbonyl (C=O) groups excluding carboxylic acids is 1. The van der Waals surface area contributed by atoms with Gasteiger partial charge in [-0.3, -0.25) is 4.79 Å². The van der Waals surface area contributed by atoms with Crippen LogP contribution in [0.25, 0.3) is 0 Å². The number of hydrogen-bond donors (Lipinski definition) is 0. The second-order valence-corrected chi connectivity index (χ2v) is 4.34. The Morgan fingerprint density at radius 1 is 1.47 bits per heavy atom. The number of benzene rings is 1. The van der Waals surface area contributed by atoms with E-state index in [1.165, 1.54) is 0 Å². The Labute approximate surface area is 106 Å². The van der Waals surface area contributed by atoms with Gasteiger partial charge in [-0.05, 0) is 25.3 Å². The van der Waals surface area contributed by atoms with Gasteiger partial charge in [0.05, 0.1) is 18.1 Å². The Morgan fingerprint density at radius 2 is 2.18 bits per heavy atom. The summed E-state index contributed by atoms with van der Waals surface area (Å²) in [7, 11) is 0. The van der Waals surface area contributed by atoms with Crippen molar-refractivity contribution in [1.82, 2.24) is 4.90 Å². The number of amides is 1. The molecule has 0 N–H and O–H groups in total. The summed E-state index contributed by atoms with van der Waals surface area (Å²) in [4.78, 5) is 15.0. The molecule has 1 rings (SSSR count). The van der Waals surface area contributed by atoms with Gasteiger partial charge in [-0.25, -0.2) is 0 Å². The first-order chi connectivity index (χ1) is 8.24. The second-order valence-electron chi connectivity index (χ2n) is 3.49. The Balaban J connectivity index is 2.90. The van der Waals surface area contributed by atoms with E-state index < -0.39 is 0 Å². The van der Waals surface area contributed by atoms with Gasteiger partial charge >= 0.3 is 0 Å². The Bertz CT molecular complexity index is 426. The van der Waals surface area contributed by atoms with E-state index in [0.717, 1.165) is 10.5 Å². The van der Waals surface area contributed by atoms with E-state index in [4.69, 9.17) is 5.26 Å². The molecule has 0 radical (unpaired) electrons. The lowest BCUT2D eigenvalue weighted by Crippen LogP contribution is -2.31. The van der Waals surface area contributed by atoms with Crippen molar-refractivity contribution in [1.29, 1.82) is 5.26 Å². The number of nitriles is 1. The molecule has 0 aliphatic heterocycles. The van der Waals surface area contributed by atoms with Crippen LogP contribution in [0.5, 0.6) is 0 Å². The summed E-state index contributed by atoms with van der Waals surface area (Å²) in [6.07, 6.45) is 2.33. The molecule has 3 nitrogen and oxygen atoms in total. The smallest absolute Gasteiger partial charge is 0.255 e. The second kappa shape index (κ2) is 6.97. The molecule has 90 valence electrons. The van der Waals surface area contributed by atoms with Crippen molar-refractivity contribution in [3.8, 4) is 6.07 Å². The number of carbonyl (C=O) groups is 1. The van der Waals surface area contributed by atoms with Crippen LogP contribution < -0.4 is 0 Å². The third-order valence-electron chi connectivity index (χ3n) is 2.50. The fourth-order valence-corrected chi connectivity index (χ4v) is 2.17. The molecule has 1 aromatic rings. The molecule has 17 heavy (non-hydrogen) atoms. The summed E-state index contributed by atoms with van der Waals surface area (Å²) in [6, 6.07) is 9.64. The van der Waals surface area contributed by atoms with Crippen molar-refractivity contribution in [2.45, 2.75) is 18.2 Å². The van der Waals surface area contributed by atoms with Gasteiger partial charge in [-0.2, -0.15) is 5.26 Å². The zero-order chi connectivity index (χ0) is 12.7. The minimum absolute atomic E-state index is 0.00713. The van der Waals surface area contributed by atoms with Crippen LogP contribution in [0.2, 0.25) is 0 Å². The van der Waals surface area contributed by atoms with Crippen LogP contribution in [-0.4, -0.2) is 30.2 Å². The molecule has 0 heterocycles. The summed E-state index contributed by atoms with van der Waals surface area (Å²) in [5.74, 6) is 0.00713. The lowest BCUT2D eigenvalue weighted by molar-refractivity contribution is 0.0764. The maximum Gasteiger partial charge on any atom is 0.255 e. The molecule has 0 unspecified atom stereocenters. The summed E-state index contributed by atoms with van der Waals surface area (Å²) < 4.78 is 0. The molecule has 0 spiro atoms. The SMILES string of the molecule is CCN(CCC#N)C(=O)c1ccccc1SC. The Hall–Kier alpha value is -1.47. The van der Waals surface area contributed by atoms with Gasteiger partial charge in [0.15, 0.2) is 0 Å². The van der Waals surface area contributed by atoms with Crippen LogP contribution in [0.15, 0.2) is 29.2 Å². The molecule has 1 aromatic carbocycles. The third-order valence-corrected chi connectivity index (χ3v) is 3.30. The standard InChI is InChI=1S/C13H16N2OS/c1-3-15(10-6-9-14)13(16)11-7-4-5-8-12(11)17-2/h4-5,7-8H,3,6,10H2,1-2H3. The van der Waals surface area contributed by atoms with Gasteiger partial charge in [0.25, 0.3) is 5.91 Å². The normalized spacial score (nSPS) is 9.71. The fourth-order valence-electron chi connectivity index (χ4n) is 1.58. The fraction of sp³-hybridized carbons (Fsp3) is 0.385. The Morgan fingerprint density at radius 3 is 2.76 bits per heavy atom. The van der Waals surface area contributed by atoms with E-state index in [1.54, 1.807) is 16.7 Å². The van der Waals surface area contributed by atoms with Crippen molar-refractivity contribution in [3.63, 3.8) is 0 Å². The van der Waals surface area contributed by atoms with Gasteiger partial charge in [-0.1, -0.05) is 12.1 Å². The maximum atomic E-state index is 12.3. The summed E-state index contributed by atoms with van der Waals surface area (Å²) >= 11 is 1.56. The molecule has 0 aliphatic carbocycles. The van der Waals surface area contributed by atoms with Crippen LogP contribution in [0.1, 0.15) is 23.7 Å².